The van der Waals surface area contributed by atoms with Gasteiger partial charge in [-0.15, -0.1) is 0 Å². The van der Waals surface area contributed by atoms with Crippen LogP contribution in [0.15, 0.2) is 36.8 Å². The molecule has 0 unspecified atom stereocenters. The van der Waals surface area contributed by atoms with Crippen LogP contribution < -0.4 is 5.32 Å². The molecule has 0 aliphatic carbocycles. The summed E-state index contributed by atoms with van der Waals surface area (Å²) in [5.41, 5.74) is 0.664. The topological polar surface area (TPSA) is 102 Å². The SMILES string of the molecule is O=C(Cn1cc(C(=O)O)cn1)Nc1nn(Cc2c(Cl)cccc2Cl)cc1Cl. The quantitative estimate of drug-likeness (QED) is 0.626. The zero-order valence-corrected chi connectivity index (χ0v) is 15.8. The van der Waals surface area contributed by atoms with E-state index in [1.807, 2.05) is 0 Å². The molecular formula is C16H12Cl3N5O3. The predicted octanol–water partition coefficient (Wildman–Crippen LogP) is 3.43. The van der Waals surface area contributed by atoms with E-state index >= 15 is 0 Å². The second-order valence-corrected chi connectivity index (χ2v) is 6.72. The third-order valence-electron chi connectivity index (χ3n) is 3.54. The average molecular weight is 429 g/mol. The Balaban J connectivity index is 1.69. The number of amides is 1. The number of carbonyl (C=O) groups excluding carboxylic acids is 1. The summed E-state index contributed by atoms with van der Waals surface area (Å²) in [7, 11) is 0. The molecule has 1 aromatic carbocycles. The molecule has 2 aromatic heterocycles. The van der Waals surface area contributed by atoms with Crippen molar-refractivity contribution < 1.29 is 14.7 Å². The van der Waals surface area contributed by atoms with Gasteiger partial charge in [0.2, 0.25) is 5.91 Å². The first-order valence-corrected chi connectivity index (χ1v) is 8.68. The lowest BCUT2D eigenvalue weighted by molar-refractivity contribution is -0.116. The highest BCUT2D eigenvalue weighted by Gasteiger charge is 2.14. The van der Waals surface area contributed by atoms with Gasteiger partial charge in [-0.2, -0.15) is 10.2 Å². The number of nitrogens with one attached hydrogen (secondary N) is 1. The number of carboxylic acid groups (broad SMARTS) is 1. The summed E-state index contributed by atoms with van der Waals surface area (Å²) in [6, 6.07) is 5.17. The van der Waals surface area contributed by atoms with Gasteiger partial charge in [0.1, 0.15) is 11.6 Å². The summed E-state index contributed by atoms with van der Waals surface area (Å²) in [4.78, 5) is 23.0. The first-order valence-electron chi connectivity index (χ1n) is 7.55. The standard InChI is InChI=1S/C16H12Cl3N5O3/c17-11-2-1-3-12(18)10(11)6-24-7-13(19)15(22-24)21-14(25)8-23-5-9(4-20-23)16(26)27/h1-5,7H,6,8H2,(H,26,27)(H,21,22,25). The van der Waals surface area contributed by atoms with Crippen LogP contribution in [0.5, 0.6) is 0 Å². The first kappa shape index (κ1) is 19.2. The van der Waals surface area contributed by atoms with E-state index < -0.39 is 11.9 Å². The number of anilines is 1. The van der Waals surface area contributed by atoms with Crippen molar-refractivity contribution in [2.24, 2.45) is 0 Å². The highest BCUT2D eigenvalue weighted by atomic mass is 35.5. The maximum Gasteiger partial charge on any atom is 0.338 e. The number of aromatic nitrogens is 4. The van der Waals surface area contributed by atoms with Gasteiger partial charge < -0.3 is 10.4 Å². The van der Waals surface area contributed by atoms with E-state index in [2.05, 4.69) is 15.5 Å². The minimum Gasteiger partial charge on any atom is -0.478 e. The zero-order chi connectivity index (χ0) is 19.6. The van der Waals surface area contributed by atoms with Crippen molar-refractivity contribution in [1.82, 2.24) is 19.6 Å². The van der Waals surface area contributed by atoms with Gasteiger partial charge in [0.15, 0.2) is 5.82 Å². The van der Waals surface area contributed by atoms with E-state index in [0.29, 0.717) is 15.6 Å². The van der Waals surface area contributed by atoms with Gasteiger partial charge in [-0.25, -0.2) is 4.79 Å². The Bertz CT molecular complexity index is 994. The summed E-state index contributed by atoms with van der Waals surface area (Å²) < 4.78 is 2.70. The average Bonchev–Trinajstić information content (AvgIpc) is 3.18. The Kier molecular flexibility index (Phi) is 5.69. The highest BCUT2D eigenvalue weighted by molar-refractivity contribution is 6.36. The molecule has 2 heterocycles. The lowest BCUT2D eigenvalue weighted by atomic mass is 10.2. The van der Waals surface area contributed by atoms with Crippen molar-refractivity contribution in [3.63, 3.8) is 0 Å². The number of halogens is 3. The van der Waals surface area contributed by atoms with Gasteiger partial charge in [0, 0.05) is 28.0 Å². The summed E-state index contributed by atoms with van der Waals surface area (Å²) >= 11 is 18.4. The molecular weight excluding hydrogens is 417 g/mol. The fourth-order valence-electron chi connectivity index (χ4n) is 2.29. The smallest absolute Gasteiger partial charge is 0.338 e. The molecule has 0 bridgehead atoms. The second kappa shape index (κ2) is 7.99. The molecule has 2 N–H and O–H groups in total. The van der Waals surface area contributed by atoms with Gasteiger partial charge in [-0.05, 0) is 12.1 Å². The number of benzene rings is 1. The van der Waals surface area contributed by atoms with Crippen molar-refractivity contribution in [3.8, 4) is 0 Å². The molecule has 3 aromatic rings. The maximum absolute atomic E-state index is 12.1. The molecule has 0 spiro atoms. The monoisotopic (exact) mass is 427 g/mol. The van der Waals surface area contributed by atoms with Crippen molar-refractivity contribution in [2.45, 2.75) is 13.1 Å². The minimum atomic E-state index is -1.12. The molecule has 0 fully saturated rings. The van der Waals surface area contributed by atoms with E-state index in [0.717, 1.165) is 6.20 Å². The third-order valence-corrected chi connectivity index (χ3v) is 4.53. The molecule has 0 aliphatic rings. The first-order chi connectivity index (χ1) is 12.8. The fourth-order valence-corrected chi connectivity index (χ4v) is 3.00. The molecule has 0 aliphatic heterocycles. The lowest BCUT2D eigenvalue weighted by Gasteiger charge is -2.07. The summed E-state index contributed by atoms with van der Waals surface area (Å²) in [5.74, 6) is -1.42. The number of rotatable bonds is 6. The van der Waals surface area contributed by atoms with E-state index in [4.69, 9.17) is 39.9 Å². The number of carboxylic acids is 1. The van der Waals surface area contributed by atoms with Gasteiger partial charge in [0.05, 0.1) is 18.3 Å². The molecule has 3 rings (SSSR count). The number of hydrogen-bond acceptors (Lipinski definition) is 4. The van der Waals surface area contributed by atoms with Crippen molar-refractivity contribution in [3.05, 3.63) is 63.0 Å². The molecule has 27 heavy (non-hydrogen) atoms. The van der Waals surface area contributed by atoms with Crippen LogP contribution in [0.3, 0.4) is 0 Å². The summed E-state index contributed by atoms with van der Waals surface area (Å²) in [5, 5.41) is 20.7. The number of aromatic carboxylic acids is 1. The Morgan fingerprint density at radius 3 is 2.41 bits per heavy atom. The maximum atomic E-state index is 12.1. The summed E-state index contributed by atoms with van der Waals surface area (Å²) in [6.45, 7) is 0.0854. The van der Waals surface area contributed by atoms with Crippen molar-refractivity contribution in [2.75, 3.05) is 5.32 Å². The largest absolute Gasteiger partial charge is 0.478 e. The normalized spacial score (nSPS) is 10.8. The Morgan fingerprint density at radius 2 is 1.78 bits per heavy atom. The van der Waals surface area contributed by atoms with Crippen LogP contribution in [0.4, 0.5) is 5.82 Å². The highest BCUT2D eigenvalue weighted by Crippen LogP contribution is 2.26. The van der Waals surface area contributed by atoms with E-state index in [9.17, 15) is 9.59 Å². The van der Waals surface area contributed by atoms with Crippen LogP contribution in [-0.4, -0.2) is 36.5 Å². The van der Waals surface area contributed by atoms with Crippen LogP contribution in [0, 0.1) is 0 Å². The lowest BCUT2D eigenvalue weighted by Crippen LogP contribution is -2.19. The van der Waals surface area contributed by atoms with Crippen LogP contribution in [0.1, 0.15) is 15.9 Å². The Hall–Kier alpha value is -2.55. The van der Waals surface area contributed by atoms with E-state index in [1.54, 1.807) is 18.2 Å². The predicted molar refractivity (Wildman–Crippen MR) is 101 cm³/mol. The molecule has 8 nitrogen and oxygen atoms in total. The molecule has 140 valence electrons. The molecule has 1 amide bonds. The Labute approximate surface area is 168 Å². The minimum absolute atomic E-state index is 0.0123. The fraction of sp³-hybridized carbons (Fsp3) is 0.125. The van der Waals surface area contributed by atoms with Crippen molar-refractivity contribution in [1.29, 1.82) is 0 Å². The van der Waals surface area contributed by atoms with Crippen molar-refractivity contribution >= 4 is 52.5 Å². The summed E-state index contributed by atoms with van der Waals surface area (Å²) in [6.07, 6.45) is 3.94. The molecule has 0 atom stereocenters. The number of nitrogens with zero attached hydrogens (tertiary/aromatic N) is 4. The van der Waals surface area contributed by atoms with E-state index in [1.165, 1.54) is 21.8 Å². The third kappa shape index (κ3) is 4.60. The van der Waals surface area contributed by atoms with Gasteiger partial charge in [-0.3, -0.25) is 14.2 Å². The van der Waals surface area contributed by atoms with Crippen LogP contribution in [-0.2, 0) is 17.9 Å². The van der Waals surface area contributed by atoms with Gasteiger partial charge in [-0.1, -0.05) is 40.9 Å². The van der Waals surface area contributed by atoms with Gasteiger partial charge >= 0.3 is 5.97 Å². The zero-order valence-electron chi connectivity index (χ0n) is 13.6. The number of hydrogen-bond donors (Lipinski definition) is 2. The Morgan fingerprint density at radius 1 is 1.07 bits per heavy atom. The molecule has 0 radical (unpaired) electrons. The second-order valence-electron chi connectivity index (χ2n) is 5.50. The molecule has 11 heteroatoms. The molecule has 0 saturated heterocycles. The van der Waals surface area contributed by atoms with E-state index in [-0.39, 0.29) is 29.5 Å². The van der Waals surface area contributed by atoms with Crippen LogP contribution in [0.25, 0.3) is 0 Å². The number of carbonyl (C=O) groups is 2. The van der Waals surface area contributed by atoms with Crippen LogP contribution >= 0.6 is 34.8 Å². The van der Waals surface area contributed by atoms with Crippen LogP contribution in [0.2, 0.25) is 15.1 Å². The van der Waals surface area contributed by atoms with Gasteiger partial charge in [0.25, 0.3) is 0 Å². The molecule has 0 saturated carbocycles.